The van der Waals surface area contributed by atoms with Crippen molar-refractivity contribution in [3.8, 4) is 0 Å². The summed E-state index contributed by atoms with van der Waals surface area (Å²) in [5, 5.41) is 0. The van der Waals surface area contributed by atoms with Gasteiger partial charge in [0.1, 0.15) is 5.54 Å². The molecule has 1 heterocycles. The number of hydrogen-bond acceptors (Lipinski definition) is 3. The van der Waals surface area contributed by atoms with Crippen LogP contribution in [0.5, 0.6) is 0 Å². The number of urea groups is 1. The zero-order valence-corrected chi connectivity index (χ0v) is 11.7. The third-order valence-corrected chi connectivity index (χ3v) is 3.83. The maximum absolute atomic E-state index is 12.3. The Morgan fingerprint density at radius 3 is 2.42 bits per heavy atom. The molecule has 1 aliphatic heterocycles. The van der Waals surface area contributed by atoms with E-state index in [0.717, 1.165) is 11.1 Å². The largest absolute Gasteiger partial charge is 0.399 e. The number of nitrogen functional groups attached to an aromatic ring is 1. The van der Waals surface area contributed by atoms with E-state index in [1.165, 1.54) is 9.80 Å². The third kappa shape index (κ3) is 2.05. The zero-order valence-electron chi connectivity index (χ0n) is 11.7. The fourth-order valence-corrected chi connectivity index (χ4v) is 2.15. The summed E-state index contributed by atoms with van der Waals surface area (Å²) in [6.45, 7) is 5.70. The van der Waals surface area contributed by atoms with Gasteiger partial charge in [0.15, 0.2) is 0 Å². The highest BCUT2D eigenvalue weighted by Crippen LogP contribution is 2.28. The van der Waals surface area contributed by atoms with Crippen molar-refractivity contribution < 1.29 is 9.59 Å². The molecule has 3 amide bonds. The van der Waals surface area contributed by atoms with Crippen LogP contribution in [0, 0.1) is 6.92 Å². The number of likely N-dealkylation sites (N-methyl/N-ethyl adjacent to an activating group) is 1. The second-order valence-corrected chi connectivity index (χ2v) is 5.48. The van der Waals surface area contributed by atoms with E-state index >= 15 is 0 Å². The van der Waals surface area contributed by atoms with Gasteiger partial charge in [-0.25, -0.2) is 4.79 Å². The van der Waals surface area contributed by atoms with Crippen molar-refractivity contribution in [1.82, 2.24) is 9.80 Å². The van der Waals surface area contributed by atoms with Crippen molar-refractivity contribution in [1.29, 1.82) is 0 Å². The Morgan fingerprint density at radius 2 is 1.89 bits per heavy atom. The van der Waals surface area contributed by atoms with Crippen LogP contribution in [0.4, 0.5) is 10.5 Å². The van der Waals surface area contributed by atoms with Gasteiger partial charge in [-0.15, -0.1) is 0 Å². The number of nitrogens with zero attached hydrogens (tertiary/aromatic N) is 2. The van der Waals surface area contributed by atoms with E-state index in [2.05, 4.69) is 0 Å². The number of hydrogen-bond donors (Lipinski definition) is 1. The lowest BCUT2D eigenvalue weighted by molar-refractivity contribution is -0.132. The molecule has 5 heteroatoms. The number of aryl methyl sites for hydroxylation is 1. The van der Waals surface area contributed by atoms with Crippen LogP contribution in [0.3, 0.4) is 0 Å². The molecule has 19 heavy (non-hydrogen) atoms. The van der Waals surface area contributed by atoms with Gasteiger partial charge in [-0.2, -0.15) is 0 Å². The number of imide groups is 1. The smallest absolute Gasteiger partial charge is 0.327 e. The Morgan fingerprint density at radius 1 is 1.26 bits per heavy atom. The molecule has 2 rings (SSSR count). The highest BCUT2D eigenvalue weighted by atomic mass is 16.2. The standard InChI is InChI=1S/C14H19N3O2/c1-9-5-6-11(15)7-10(9)8-17-12(18)14(2,3)16(4)13(17)19/h5-7H,8,15H2,1-4H3. The van der Waals surface area contributed by atoms with Gasteiger partial charge < -0.3 is 10.6 Å². The summed E-state index contributed by atoms with van der Waals surface area (Å²) in [6, 6.07) is 5.24. The lowest BCUT2D eigenvalue weighted by atomic mass is 10.0. The maximum atomic E-state index is 12.3. The second kappa shape index (κ2) is 4.26. The number of carbonyl (C=O) groups is 2. The Balaban J connectivity index is 2.32. The van der Waals surface area contributed by atoms with Crippen molar-refractivity contribution >= 4 is 17.6 Å². The molecule has 1 aromatic rings. The molecular formula is C14H19N3O2. The molecule has 0 saturated carbocycles. The number of anilines is 1. The van der Waals surface area contributed by atoms with Crippen LogP contribution < -0.4 is 5.73 Å². The fraction of sp³-hybridized carbons (Fsp3) is 0.429. The van der Waals surface area contributed by atoms with Crippen molar-refractivity contribution in [3.63, 3.8) is 0 Å². The summed E-state index contributed by atoms with van der Waals surface area (Å²) in [5.74, 6) is -0.179. The van der Waals surface area contributed by atoms with E-state index < -0.39 is 5.54 Å². The van der Waals surface area contributed by atoms with E-state index in [0.29, 0.717) is 5.69 Å². The molecule has 1 aromatic carbocycles. The second-order valence-electron chi connectivity index (χ2n) is 5.48. The van der Waals surface area contributed by atoms with E-state index in [4.69, 9.17) is 5.73 Å². The normalized spacial score (nSPS) is 18.3. The molecule has 5 nitrogen and oxygen atoms in total. The van der Waals surface area contributed by atoms with Crippen molar-refractivity contribution in [2.45, 2.75) is 32.9 Å². The summed E-state index contributed by atoms with van der Waals surface area (Å²) in [4.78, 5) is 27.2. The number of benzene rings is 1. The molecule has 0 aromatic heterocycles. The first-order chi connectivity index (χ1) is 8.75. The maximum Gasteiger partial charge on any atom is 0.327 e. The Bertz CT molecular complexity index is 552. The van der Waals surface area contributed by atoms with E-state index in [1.54, 1.807) is 27.0 Å². The third-order valence-electron chi connectivity index (χ3n) is 3.83. The molecule has 0 spiro atoms. The molecule has 1 fully saturated rings. The molecule has 1 aliphatic rings. The Kier molecular flexibility index (Phi) is 3.00. The van der Waals surface area contributed by atoms with Gasteiger partial charge in [-0.05, 0) is 44.0 Å². The predicted molar refractivity (Wildman–Crippen MR) is 73.4 cm³/mol. The first-order valence-electron chi connectivity index (χ1n) is 6.20. The van der Waals surface area contributed by atoms with E-state index in [9.17, 15) is 9.59 Å². The minimum Gasteiger partial charge on any atom is -0.399 e. The molecule has 0 unspecified atom stereocenters. The molecule has 0 bridgehead atoms. The summed E-state index contributed by atoms with van der Waals surface area (Å²) < 4.78 is 0. The van der Waals surface area contributed by atoms with Crippen LogP contribution in [-0.2, 0) is 11.3 Å². The number of rotatable bonds is 2. The van der Waals surface area contributed by atoms with Crippen LogP contribution in [0.1, 0.15) is 25.0 Å². The lowest BCUT2D eigenvalue weighted by Crippen LogP contribution is -2.41. The van der Waals surface area contributed by atoms with Crippen LogP contribution in [0.15, 0.2) is 18.2 Å². The molecule has 2 N–H and O–H groups in total. The number of carbonyl (C=O) groups excluding carboxylic acids is 2. The van der Waals surface area contributed by atoms with Gasteiger partial charge in [0.25, 0.3) is 5.91 Å². The Hall–Kier alpha value is -2.04. The molecule has 102 valence electrons. The highest BCUT2D eigenvalue weighted by molar-refractivity contribution is 6.06. The minimum atomic E-state index is -0.786. The predicted octanol–water partition coefficient (Wildman–Crippen LogP) is 1.75. The highest BCUT2D eigenvalue weighted by Gasteiger charge is 2.49. The van der Waals surface area contributed by atoms with Gasteiger partial charge in [0, 0.05) is 12.7 Å². The fourth-order valence-electron chi connectivity index (χ4n) is 2.15. The van der Waals surface area contributed by atoms with Crippen molar-refractivity contribution in [3.05, 3.63) is 29.3 Å². The summed E-state index contributed by atoms with van der Waals surface area (Å²) in [6.07, 6.45) is 0. The molecule has 0 aliphatic carbocycles. The van der Waals surface area contributed by atoms with Crippen molar-refractivity contribution in [2.24, 2.45) is 0 Å². The van der Waals surface area contributed by atoms with Crippen LogP contribution >= 0.6 is 0 Å². The Labute approximate surface area is 113 Å². The van der Waals surface area contributed by atoms with E-state index in [1.807, 2.05) is 19.1 Å². The monoisotopic (exact) mass is 261 g/mol. The average molecular weight is 261 g/mol. The minimum absolute atomic E-state index is 0.179. The van der Waals surface area contributed by atoms with Gasteiger partial charge >= 0.3 is 6.03 Å². The summed E-state index contributed by atoms with van der Waals surface area (Å²) in [7, 11) is 1.65. The molecule has 0 atom stereocenters. The van der Waals surface area contributed by atoms with Crippen LogP contribution in [0.25, 0.3) is 0 Å². The number of nitrogens with two attached hydrogens (primary N) is 1. The van der Waals surface area contributed by atoms with Crippen LogP contribution in [-0.4, -0.2) is 34.3 Å². The van der Waals surface area contributed by atoms with Gasteiger partial charge in [0.2, 0.25) is 0 Å². The van der Waals surface area contributed by atoms with Crippen LogP contribution in [0.2, 0.25) is 0 Å². The SMILES string of the molecule is Cc1ccc(N)cc1CN1C(=O)N(C)C(C)(C)C1=O. The first kappa shape index (κ1) is 13.4. The zero-order chi connectivity index (χ0) is 14.4. The summed E-state index contributed by atoms with van der Waals surface area (Å²) in [5.41, 5.74) is 7.51. The van der Waals surface area contributed by atoms with Crippen molar-refractivity contribution in [2.75, 3.05) is 12.8 Å². The molecule has 0 radical (unpaired) electrons. The topological polar surface area (TPSA) is 66.6 Å². The lowest BCUT2D eigenvalue weighted by Gasteiger charge is -2.22. The van der Waals surface area contributed by atoms with Gasteiger partial charge in [0.05, 0.1) is 6.54 Å². The van der Waals surface area contributed by atoms with Gasteiger partial charge in [-0.1, -0.05) is 6.07 Å². The average Bonchev–Trinajstić information content (AvgIpc) is 2.49. The molecule has 1 saturated heterocycles. The summed E-state index contributed by atoms with van der Waals surface area (Å²) >= 11 is 0. The van der Waals surface area contributed by atoms with E-state index in [-0.39, 0.29) is 18.5 Å². The first-order valence-corrected chi connectivity index (χ1v) is 6.20. The number of amides is 3. The van der Waals surface area contributed by atoms with Gasteiger partial charge in [-0.3, -0.25) is 9.69 Å². The molecular weight excluding hydrogens is 242 g/mol. The quantitative estimate of drug-likeness (QED) is 0.651.